The summed E-state index contributed by atoms with van der Waals surface area (Å²) in [5, 5.41) is 3.13. The number of hydrogen-bond donors (Lipinski definition) is 4. The Morgan fingerprint density at radius 1 is 1.12 bits per heavy atom. The zero-order valence-corrected chi connectivity index (χ0v) is 9.44. The van der Waals surface area contributed by atoms with Crippen LogP contribution in [-0.2, 0) is 0 Å². The van der Waals surface area contributed by atoms with Gasteiger partial charge in [0.1, 0.15) is 11.6 Å². The summed E-state index contributed by atoms with van der Waals surface area (Å²) in [6, 6.07) is 9.62. The van der Waals surface area contributed by atoms with E-state index in [9.17, 15) is 0 Å². The largest absolute Gasteiger partial charge is 0.368 e. The molecule has 0 bridgehead atoms. The van der Waals surface area contributed by atoms with Gasteiger partial charge in [-0.15, -0.1) is 0 Å². The monoisotopic (exact) mass is 230 g/mol. The van der Waals surface area contributed by atoms with Crippen molar-refractivity contribution in [1.82, 2.24) is 9.97 Å². The molecular formula is C11H14N6. The Hall–Kier alpha value is -2.34. The van der Waals surface area contributed by atoms with Gasteiger partial charge in [-0.25, -0.2) is 5.84 Å². The van der Waals surface area contributed by atoms with Gasteiger partial charge in [0, 0.05) is 11.8 Å². The predicted octanol–water partition coefficient (Wildman–Crippen LogP) is 1.40. The van der Waals surface area contributed by atoms with E-state index in [1.54, 1.807) is 6.07 Å². The summed E-state index contributed by atoms with van der Waals surface area (Å²) < 4.78 is 0. The summed E-state index contributed by atoms with van der Waals surface area (Å²) in [7, 11) is 0. The zero-order chi connectivity index (χ0) is 12.3. The second-order valence-corrected chi connectivity index (χ2v) is 3.64. The van der Waals surface area contributed by atoms with Crippen molar-refractivity contribution in [2.45, 2.75) is 6.92 Å². The molecule has 0 amide bonds. The fourth-order valence-electron chi connectivity index (χ4n) is 1.47. The third-order valence-electron chi connectivity index (χ3n) is 2.18. The zero-order valence-electron chi connectivity index (χ0n) is 9.44. The number of anilines is 4. The SMILES string of the molecule is Cc1cccc(Nc2cc(NN)nc(N)n2)c1. The maximum absolute atomic E-state index is 5.56. The smallest absolute Gasteiger partial charge is 0.223 e. The van der Waals surface area contributed by atoms with E-state index in [4.69, 9.17) is 11.6 Å². The Bertz CT molecular complexity index is 525. The molecule has 0 fully saturated rings. The van der Waals surface area contributed by atoms with Gasteiger partial charge in [-0.05, 0) is 24.6 Å². The minimum absolute atomic E-state index is 0.163. The number of benzene rings is 1. The molecule has 0 aliphatic heterocycles. The van der Waals surface area contributed by atoms with Crippen LogP contribution in [0.15, 0.2) is 30.3 Å². The Balaban J connectivity index is 2.26. The number of nitrogens with zero attached hydrogens (tertiary/aromatic N) is 2. The second-order valence-electron chi connectivity index (χ2n) is 3.64. The van der Waals surface area contributed by atoms with E-state index in [1.807, 2.05) is 31.2 Å². The normalized spacial score (nSPS) is 10.0. The quantitative estimate of drug-likeness (QED) is 0.469. The van der Waals surface area contributed by atoms with Gasteiger partial charge in [0.05, 0.1) is 0 Å². The Labute approximate surface area is 99.0 Å². The molecule has 6 nitrogen and oxygen atoms in total. The third kappa shape index (κ3) is 2.82. The van der Waals surface area contributed by atoms with E-state index in [-0.39, 0.29) is 5.95 Å². The van der Waals surface area contributed by atoms with Crippen LogP contribution in [0.4, 0.5) is 23.3 Å². The summed E-state index contributed by atoms with van der Waals surface area (Å²) >= 11 is 0. The minimum atomic E-state index is 0.163. The van der Waals surface area contributed by atoms with Gasteiger partial charge < -0.3 is 16.5 Å². The molecule has 0 spiro atoms. The van der Waals surface area contributed by atoms with Crippen molar-refractivity contribution in [3.05, 3.63) is 35.9 Å². The van der Waals surface area contributed by atoms with Crippen molar-refractivity contribution < 1.29 is 0 Å². The Morgan fingerprint density at radius 3 is 2.59 bits per heavy atom. The van der Waals surface area contributed by atoms with Gasteiger partial charge in [-0.2, -0.15) is 9.97 Å². The number of aryl methyl sites for hydroxylation is 1. The van der Waals surface area contributed by atoms with Crippen LogP contribution in [0.5, 0.6) is 0 Å². The van der Waals surface area contributed by atoms with Crippen LogP contribution in [0.2, 0.25) is 0 Å². The molecule has 0 aliphatic carbocycles. The lowest BCUT2D eigenvalue weighted by molar-refractivity contribution is 1.15. The Morgan fingerprint density at radius 2 is 1.88 bits per heavy atom. The van der Waals surface area contributed by atoms with Crippen LogP contribution in [0.1, 0.15) is 5.56 Å². The second kappa shape index (κ2) is 4.67. The van der Waals surface area contributed by atoms with Crippen molar-refractivity contribution in [2.75, 3.05) is 16.5 Å². The molecule has 1 aromatic carbocycles. The van der Waals surface area contributed by atoms with Crippen molar-refractivity contribution in [1.29, 1.82) is 0 Å². The van der Waals surface area contributed by atoms with Crippen LogP contribution < -0.4 is 22.3 Å². The van der Waals surface area contributed by atoms with E-state index in [2.05, 4.69) is 20.7 Å². The number of hydrazine groups is 1. The van der Waals surface area contributed by atoms with Gasteiger partial charge in [0.15, 0.2) is 0 Å². The fraction of sp³-hybridized carbons (Fsp3) is 0.0909. The number of nitrogens with two attached hydrogens (primary N) is 2. The lowest BCUT2D eigenvalue weighted by Crippen LogP contribution is -2.11. The first kappa shape index (κ1) is 11.2. The molecule has 0 saturated heterocycles. The molecule has 6 heteroatoms. The summed E-state index contributed by atoms with van der Waals surface area (Å²) in [4.78, 5) is 7.97. The highest BCUT2D eigenvalue weighted by Crippen LogP contribution is 2.18. The molecule has 0 atom stereocenters. The van der Waals surface area contributed by atoms with Crippen LogP contribution in [0.3, 0.4) is 0 Å². The van der Waals surface area contributed by atoms with Crippen molar-refractivity contribution >= 4 is 23.3 Å². The first-order valence-corrected chi connectivity index (χ1v) is 5.12. The van der Waals surface area contributed by atoms with Crippen LogP contribution in [0, 0.1) is 6.92 Å². The van der Waals surface area contributed by atoms with E-state index in [0.717, 1.165) is 11.3 Å². The molecular weight excluding hydrogens is 216 g/mol. The highest BCUT2D eigenvalue weighted by Gasteiger charge is 2.01. The van der Waals surface area contributed by atoms with Crippen LogP contribution in [0.25, 0.3) is 0 Å². The number of hydrogen-bond acceptors (Lipinski definition) is 6. The molecule has 0 aliphatic rings. The van der Waals surface area contributed by atoms with Gasteiger partial charge in [-0.1, -0.05) is 12.1 Å². The first-order chi connectivity index (χ1) is 8.17. The molecule has 17 heavy (non-hydrogen) atoms. The molecule has 1 heterocycles. The summed E-state index contributed by atoms with van der Waals surface area (Å²) in [5.74, 6) is 6.50. The number of nitrogens with one attached hydrogen (secondary N) is 2. The lowest BCUT2D eigenvalue weighted by atomic mass is 10.2. The number of aromatic nitrogens is 2. The number of rotatable bonds is 3. The molecule has 0 radical (unpaired) electrons. The molecule has 2 rings (SSSR count). The summed E-state index contributed by atoms with van der Waals surface area (Å²) in [5.41, 5.74) is 10.1. The van der Waals surface area contributed by atoms with Crippen molar-refractivity contribution in [3.8, 4) is 0 Å². The Kier molecular flexibility index (Phi) is 3.06. The van der Waals surface area contributed by atoms with Gasteiger partial charge in [0.2, 0.25) is 5.95 Å². The summed E-state index contributed by atoms with van der Waals surface area (Å²) in [6.07, 6.45) is 0. The standard InChI is InChI=1S/C11H14N6/c1-7-3-2-4-8(5-7)14-9-6-10(17-13)16-11(12)15-9/h2-6H,13H2,1H3,(H4,12,14,15,16,17). The van der Waals surface area contributed by atoms with Crippen molar-refractivity contribution in [3.63, 3.8) is 0 Å². The molecule has 6 N–H and O–H groups in total. The van der Waals surface area contributed by atoms with E-state index < -0.39 is 0 Å². The average molecular weight is 230 g/mol. The number of nitrogen functional groups attached to an aromatic ring is 2. The molecule has 2 aromatic rings. The van der Waals surface area contributed by atoms with Crippen LogP contribution in [-0.4, -0.2) is 9.97 Å². The molecule has 1 aromatic heterocycles. The van der Waals surface area contributed by atoms with Gasteiger partial charge in [-0.3, -0.25) is 0 Å². The maximum Gasteiger partial charge on any atom is 0.223 e. The van der Waals surface area contributed by atoms with Crippen molar-refractivity contribution in [2.24, 2.45) is 5.84 Å². The van der Waals surface area contributed by atoms with E-state index >= 15 is 0 Å². The average Bonchev–Trinajstić information content (AvgIpc) is 2.28. The predicted molar refractivity (Wildman–Crippen MR) is 68.7 cm³/mol. The van der Waals surface area contributed by atoms with Crippen LogP contribution >= 0.6 is 0 Å². The first-order valence-electron chi connectivity index (χ1n) is 5.12. The maximum atomic E-state index is 5.56. The third-order valence-corrected chi connectivity index (χ3v) is 2.18. The van der Waals surface area contributed by atoms with E-state index in [1.165, 1.54) is 0 Å². The van der Waals surface area contributed by atoms with Gasteiger partial charge >= 0.3 is 0 Å². The lowest BCUT2D eigenvalue weighted by Gasteiger charge is -2.08. The molecule has 88 valence electrons. The highest BCUT2D eigenvalue weighted by atomic mass is 15.3. The summed E-state index contributed by atoms with van der Waals surface area (Å²) in [6.45, 7) is 2.02. The molecule has 0 unspecified atom stereocenters. The fourth-order valence-corrected chi connectivity index (χ4v) is 1.47. The minimum Gasteiger partial charge on any atom is -0.368 e. The molecule has 0 saturated carbocycles. The van der Waals surface area contributed by atoms with Gasteiger partial charge in [0.25, 0.3) is 0 Å². The highest BCUT2D eigenvalue weighted by molar-refractivity contribution is 5.60. The van der Waals surface area contributed by atoms with E-state index in [0.29, 0.717) is 11.6 Å². The topological polar surface area (TPSA) is 102 Å².